The molecule has 186 valence electrons. The van der Waals surface area contributed by atoms with E-state index < -0.39 is 29.5 Å². The van der Waals surface area contributed by atoms with Gasteiger partial charge in [0.2, 0.25) is 11.8 Å². The highest BCUT2D eigenvalue weighted by molar-refractivity contribution is 6.02. The first kappa shape index (κ1) is 25.6. The third-order valence-corrected chi connectivity index (χ3v) is 5.70. The smallest absolute Gasteiger partial charge is 0.278 e. The first-order chi connectivity index (χ1) is 16.7. The molecule has 0 radical (unpaired) electrons. The molecule has 0 spiro atoms. The first-order valence-electron chi connectivity index (χ1n) is 11.4. The van der Waals surface area contributed by atoms with Crippen molar-refractivity contribution >= 4 is 29.2 Å². The molecule has 0 saturated carbocycles. The van der Waals surface area contributed by atoms with Crippen LogP contribution < -0.4 is 21.5 Å². The van der Waals surface area contributed by atoms with E-state index in [2.05, 4.69) is 21.1 Å². The number of aromatic nitrogens is 2. The Balaban J connectivity index is 1.79. The van der Waals surface area contributed by atoms with Gasteiger partial charge < -0.3 is 25.0 Å². The van der Waals surface area contributed by atoms with E-state index in [1.54, 1.807) is 26.0 Å². The van der Waals surface area contributed by atoms with Crippen LogP contribution >= 0.6 is 0 Å². The molecule has 3 amide bonds. The lowest BCUT2D eigenvalue weighted by molar-refractivity contribution is -0.126. The maximum absolute atomic E-state index is 13.2. The molecule has 2 aromatic rings. The average Bonchev–Trinajstić information content (AvgIpc) is 3.43. The van der Waals surface area contributed by atoms with Crippen molar-refractivity contribution in [2.45, 2.75) is 52.1 Å². The number of hydrogen-bond donors (Lipinski definition) is 3. The van der Waals surface area contributed by atoms with Gasteiger partial charge in [-0.15, -0.1) is 0 Å². The molecule has 1 aliphatic heterocycles. The fourth-order valence-corrected chi connectivity index (χ4v) is 3.91. The van der Waals surface area contributed by atoms with Crippen molar-refractivity contribution in [1.82, 2.24) is 20.4 Å². The van der Waals surface area contributed by atoms with E-state index in [1.807, 2.05) is 0 Å². The summed E-state index contributed by atoms with van der Waals surface area (Å²) in [4.78, 5) is 62.1. The molecule has 3 heterocycles. The molecular formula is C24H29N5O6. The molecule has 3 rings (SSSR count). The second-order valence-electron chi connectivity index (χ2n) is 8.43. The van der Waals surface area contributed by atoms with Crippen molar-refractivity contribution < 1.29 is 23.7 Å². The van der Waals surface area contributed by atoms with Gasteiger partial charge in [-0.1, -0.05) is 18.2 Å². The molecule has 1 fully saturated rings. The van der Waals surface area contributed by atoms with Gasteiger partial charge in [0.15, 0.2) is 11.5 Å². The van der Waals surface area contributed by atoms with Gasteiger partial charge in [-0.05, 0) is 51.3 Å². The van der Waals surface area contributed by atoms with Gasteiger partial charge in [-0.3, -0.25) is 24.0 Å². The lowest BCUT2D eigenvalue weighted by Crippen LogP contribution is -2.42. The molecule has 1 aliphatic rings. The fourth-order valence-electron chi connectivity index (χ4n) is 3.91. The van der Waals surface area contributed by atoms with Crippen molar-refractivity contribution in [3.8, 4) is 0 Å². The number of amides is 3. The van der Waals surface area contributed by atoms with Gasteiger partial charge in [0.05, 0.1) is 0 Å². The zero-order valence-electron chi connectivity index (χ0n) is 19.9. The van der Waals surface area contributed by atoms with Crippen LogP contribution in [0.15, 0.2) is 45.9 Å². The molecule has 35 heavy (non-hydrogen) atoms. The number of rotatable bonds is 10. The van der Waals surface area contributed by atoms with E-state index in [0.717, 1.165) is 0 Å². The molecule has 0 bridgehead atoms. The summed E-state index contributed by atoms with van der Waals surface area (Å²) in [7, 11) is 0. The topological polar surface area (TPSA) is 152 Å². The minimum atomic E-state index is -0.876. The summed E-state index contributed by atoms with van der Waals surface area (Å²) in [6.45, 7) is 5.36. The Bertz CT molecular complexity index is 1200. The lowest BCUT2D eigenvalue weighted by Gasteiger charge is -2.23. The van der Waals surface area contributed by atoms with E-state index in [-0.39, 0.29) is 29.0 Å². The Hall–Kier alpha value is -4.02. The number of nitrogens with one attached hydrogen (secondary N) is 3. The number of aryl methyl sites for hydroxylation is 1. The molecule has 3 N–H and O–H groups in total. The molecule has 0 aliphatic carbocycles. The Kier molecular flexibility index (Phi) is 8.34. The molecular weight excluding hydrogens is 454 g/mol. The van der Waals surface area contributed by atoms with Crippen LogP contribution in [0, 0.1) is 12.8 Å². The number of carbonyl (C=O) groups is 4. The number of pyridine rings is 1. The van der Waals surface area contributed by atoms with Gasteiger partial charge >= 0.3 is 0 Å². The van der Waals surface area contributed by atoms with Crippen LogP contribution in [0.3, 0.4) is 0 Å². The third-order valence-electron chi connectivity index (χ3n) is 5.70. The van der Waals surface area contributed by atoms with E-state index in [0.29, 0.717) is 31.6 Å². The van der Waals surface area contributed by atoms with Gasteiger partial charge in [0, 0.05) is 30.8 Å². The Morgan fingerprint density at radius 2 is 2.11 bits per heavy atom. The second kappa shape index (κ2) is 11.4. The number of carbonyl (C=O) groups excluding carboxylic acids is 4. The van der Waals surface area contributed by atoms with Crippen molar-refractivity contribution in [3.05, 3.63) is 58.4 Å². The highest BCUT2D eigenvalue weighted by atomic mass is 16.5. The van der Waals surface area contributed by atoms with E-state index in [4.69, 9.17) is 4.52 Å². The lowest BCUT2D eigenvalue weighted by atomic mass is 9.97. The van der Waals surface area contributed by atoms with Crippen LogP contribution in [0.4, 0.5) is 5.69 Å². The highest BCUT2D eigenvalue weighted by Crippen LogP contribution is 2.18. The standard InChI is InChI=1S/C24H29N5O6/c1-4-20(23(33)26-17(8-7-14(2)30)13-16-9-10-25-21(16)31)29-11-5-6-18(24(29)34)27-22(32)19-12-15(3)35-28-19/h5-8,11-12,16-17,20H,4,9-10,13H2,1-3H3,(H,25,31)(H,26,33)(H,27,32)/b8-7+/t16-,17+,20-/m0/s1. The first-order valence-corrected chi connectivity index (χ1v) is 11.4. The Labute approximate surface area is 201 Å². The molecule has 11 heteroatoms. The van der Waals surface area contributed by atoms with Gasteiger partial charge in [0.1, 0.15) is 17.5 Å². The van der Waals surface area contributed by atoms with E-state index >= 15 is 0 Å². The van der Waals surface area contributed by atoms with Crippen molar-refractivity contribution in [2.24, 2.45) is 5.92 Å². The van der Waals surface area contributed by atoms with Crippen molar-refractivity contribution in [3.63, 3.8) is 0 Å². The van der Waals surface area contributed by atoms with Crippen LogP contribution in [0.25, 0.3) is 0 Å². The zero-order chi connectivity index (χ0) is 25.5. The summed E-state index contributed by atoms with van der Waals surface area (Å²) >= 11 is 0. The van der Waals surface area contributed by atoms with E-state index in [9.17, 15) is 24.0 Å². The summed E-state index contributed by atoms with van der Waals surface area (Å²) in [5.41, 5.74) is -0.549. The quantitative estimate of drug-likeness (QED) is 0.433. The van der Waals surface area contributed by atoms with Crippen LogP contribution in [-0.2, 0) is 14.4 Å². The zero-order valence-corrected chi connectivity index (χ0v) is 19.9. The predicted molar refractivity (Wildman–Crippen MR) is 127 cm³/mol. The summed E-state index contributed by atoms with van der Waals surface area (Å²) in [6.07, 6.45) is 5.66. The molecule has 2 aromatic heterocycles. The number of nitrogens with zero attached hydrogens (tertiary/aromatic N) is 2. The molecule has 11 nitrogen and oxygen atoms in total. The van der Waals surface area contributed by atoms with Gasteiger partial charge in [-0.2, -0.15) is 0 Å². The van der Waals surface area contributed by atoms with Crippen molar-refractivity contribution in [2.75, 3.05) is 11.9 Å². The Morgan fingerprint density at radius 1 is 1.34 bits per heavy atom. The maximum atomic E-state index is 13.2. The second-order valence-corrected chi connectivity index (χ2v) is 8.43. The van der Waals surface area contributed by atoms with E-state index in [1.165, 1.54) is 35.9 Å². The predicted octanol–water partition coefficient (Wildman–Crippen LogP) is 1.50. The largest absolute Gasteiger partial charge is 0.361 e. The molecule has 0 unspecified atom stereocenters. The fraction of sp³-hybridized carbons (Fsp3) is 0.417. The van der Waals surface area contributed by atoms with Gasteiger partial charge in [-0.25, -0.2) is 0 Å². The maximum Gasteiger partial charge on any atom is 0.278 e. The minimum absolute atomic E-state index is 0.0138. The van der Waals surface area contributed by atoms with Crippen molar-refractivity contribution in [1.29, 1.82) is 0 Å². The monoisotopic (exact) mass is 483 g/mol. The molecule has 0 aromatic carbocycles. The summed E-state index contributed by atoms with van der Waals surface area (Å²) in [5, 5.41) is 11.8. The summed E-state index contributed by atoms with van der Waals surface area (Å²) in [6, 6.07) is 2.99. The van der Waals surface area contributed by atoms with Crippen LogP contribution in [0.5, 0.6) is 0 Å². The van der Waals surface area contributed by atoms with Crippen LogP contribution in [0.2, 0.25) is 0 Å². The average molecular weight is 484 g/mol. The normalized spacial score (nSPS) is 17.1. The minimum Gasteiger partial charge on any atom is -0.361 e. The summed E-state index contributed by atoms with van der Waals surface area (Å²) in [5.74, 6) is -1.16. The van der Waals surface area contributed by atoms with Gasteiger partial charge in [0.25, 0.3) is 11.5 Å². The third kappa shape index (κ3) is 6.52. The van der Waals surface area contributed by atoms with Crippen LogP contribution in [-0.4, -0.2) is 45.8 Å². The number of anilines is 1. The number of ketones is 1. The Morgan fingerprint density at radius 3 is 2.71 bits per heavy atom. The number of allylic oxidation sites excluding steroid dienone is 1. The van der Waals surface area contributed by atoms with Crippen LogP contribution in [0.1, 0.15) is 55.4 Å². The highest BCUT2D eigenvalue weighted by Gasteiger charge is 2.29. The molecule has 1 saturated heterocycles. The molecule has 3 atom stereocenters. The SMILES string of the molecule is CC[C@@H](C(=O)N[C@H](/C=C/C(C)=O)C[C@@H]1CCNC1=O)n1cccc(NC(=O)c2cc(C)on2)c1=O. The number of hydrogen-bond acceptors (Lipinski definition) is 7. The summed E-state index contributed by atoms with van der Waals surface area (Å²) < 4.78 is 6.13.